The van der Waals surface area contributed by atoms with Crippen molar-refractivity contribution < 1.29 is 14.7 Å². The van der Waals surface area contributed by atoms with Gasteiger partial charge in [0.05, 0.1) is 10.0 Å². The number of hydrogen-bond acceptors (Lipinski definition) is 7. The van der Waals surface area contributed by atoms with Gasteiger partial charge >= 0.3 is 6.09 Å². The Morgan fingerprint density at radius 2 is 2.11 bits per heavy atom. The van der Waals surface area contributed by atoms with Crippen molar-refractivity contribution in [2.75, 3.05) is 19.6 Å². The van der Waals surface area contributed by atoms with Crippen molar-refractivity contribution in [2.45, 2.75) is 50.4 Å². The summed E-state index contributed by atoms with van der Waals surface area (Å²) >= 11 is 13.0. The van der Waals surface area contributed by atoms with Crippen LogP contribution in [0.5, 0.6) is 0 Å². The second-order valence-corrected chi connectivity index (χ2v) is 10.4. The Hall–Kier alpha value is -2.14. The maximum atomic E-state index is 12.3. The molecule has 4 rings (SSSR count). The summed E-state index contributed by atoms with van der Waals surface area (Å²) in [5, 5.41) is 18.5. The molecule has 3 atom stereocenters. The second kappa shape index (κ2) is 11.9. The lowest BCUT2D eigenvalue weighted by atomic mass is 9.80. The van der Waals surface area contributed by atoms with Crippen LogP contribution in [0.15, 0.2) is 35.3 Å². The van der Waals surface area contributed by atoms with Crippen LogP contribution >= 0.6 is 23.2 Å². The van der Waals surface area contributed by atoms with Gasteiger partial charge in [-0.05, 0) is 67.0 Å². The van der Waals surface area contributed by atoms with Gasteiger partial charge in [0, 0.05) is 50.9 Å². The highest BCUT2D eigenvalue weighted by Crippen LogP contribution is 2.39. The van der Waals surface area contributed by atoms with Crippen molar-refractivity contribution in [1.82, 2.24) is 20.1 Å². The van der Waals surface area contributed by atoms with E-state index in [1.54, 1.807) is 29.9 Å². The minimum Gasteiger partial charge on any atom is -0.378 e. The Labute approximate surface area is 220 Å². The van der Waals surface area contributed by atoms with E-state index in [4.69, 9.17) is 29.1 Å². The first-order valence-corrected chi connectivity index (χ1v) is 13.0. The van der Waals surface area contributed by atoms with Crippen LogP contribution < -0.4 is 22.1 Å². The molecule has 1 aromatic carbocycles. The van der Waals surface area contributed by atoms with E-state index >= 15 is 0 Å². The number of nitrogens with zero attached hydrogens (tertiary/aromatic N) is 2. The van der Waals surface area contributed by atoms with E-state index in [-0.39, 0.29) is 23.4 Å². The number of benzene rings is 1. The molecule has 1 aliphatic carbocycles. The monoisotopic (exact) mass is 537 g/mol. The highest BCUT2D eigenvalue weighted by molar-refractivity contribution is 6.42. The highest BCUT2D eigenvalue weighted by Gasteiger charge is 2.41. The van der Waals surface area contributed by atoms with Crippen LogP contribution in [0.1, 0.15) is 41.9 Å². The molecule has 0 radical (unpaired) electrons. The molecule has 36 heavy (non-hydrogen) atoms. The first-order valence-electron chi connectivity index (χ1n) is 12.2. The number of pyridine rings is 1. The molecular weight excluding hydrogens is 505 g/mol. The molecule has 11 heteroatoms. The number of hydrogen-bond donors (Lipinski definition) is 4. The van der Waals surface area contributed by atoms with Crippen LogP contribution in [0, 0.1) is 5.92 Å². The number of aliphatic hydroxyl groups excluding tert-OH is 1. The maximum Gasteiger partial charge on any atom is 0.425 e. The van der Waals surface area contributed by atoms with Gasteiger partial charge in [0.1, 0.15) is 6.23 Å². The number of piperidine rings is 1. The third kappa shape index (κ3) is 6.40. The van der Waals surface area contributed by atoms with Crippen molar-refractivity contribution >= 4 is 29.3 Å². The summed E-state index contributed by atoms with van der Waals surface area (Å²) < 4.78 is 1.56. The van der Waals surface area contributed by atoms with Crippen LogP contribution in [0.4, 0.5) is 4.79 Å². The molecule has 2 heterocycles. The zero-order valence-electron chi connectivity index (χ0n) is 20.3. The zero-order chi connectivity index (χ0) is 25.8. The summed E-state index contributed by atoms with van der Waals surface area (Å²) in [5.41, 5.74) is 2.64. The highest BCUT2D eigenvalue weighted by atomic mass is 35.5. The van der Waals surface area contributed by atoms with E-state index in [0.29, 0.717) is 36.1 Å². The SMILES string of the molecule is Cn1ccc(C2CCNC[C@@H]2C(O)N(Cc2cc(CCNC(=O)ON)cc(Cl)c2Cl)C2CC2)cc1=O. The molecular formula is C25H33Cl2N5O4. The van der Waals surface area contributed by atoms with E-state index < -0.39 is 12.3 Å². The van der Waals surface area contributed by atoms with E-state index in [2.05, 4.69) is 20.4 Å². The smallest absolute Gasteiger partial charge is 0.378 e. The number of aliphatic hydroxyl groups is 1. The summed E-state index contributed by atoms with van der Waals surface area (Å²) in [7, 11) is 1.73. The number of rotatable bonds is 9. The number of aryl methyl sites for hydroxylation is 1. The molecule has 5 N–H and O–H groups in total. The number of halogens is 2. The molecule has 2 fully saturated rings. The number of carbonyl (C=O) groups excluding carboxylic acids is 1. The van der Waals surface area contributed by atoms with Crippen molar-refractivity contribution in [3.63, 3.8) is 0 Å². The molecule has 2 aromatic rings. The van der Waals surface area contributed by atoms with Gasteiger partial charge in [0.25, 0.3) is 5.56 Å². The number of nitrogens with one attached hydrogen (secondary N) is 2. The summed E-state index contributed by atoms with van der Waals surface area (Å²) in [6.45, 7) is 2.26. The first-order chi connectivity index (χ1) is 17.3. The fourth-order valence-electron chi connectivity index (χ4n) is 5.01. The van der Waals surface area contributed by atoms with Crippen molar-refractivity contribution in [2.24, 2.45) is 18.9 Å². The van der Waals surface area contributed by atoms with Crippen molar-refractivity contribution in [3.8, 4) is 0 Å². The molecule has 0 bridgehead atoms. The normalized spacial score (nSPS) is 20.8. The largest absolute Gasteiger partial charge is 0.425 e. The average Bonchev–Trinajstić information content (AvgIpc) is 3.71. The van der Waals surface area contributed by atoms with Crippen molar-refractivity contribution in [3.05, 3.63) is 67.6 Å². The number of nitrogens with two attached hydrogens (primary N) is 1. The quantitative estimate of drug-likeness (QED) is 0.286. The van der Waals surface area contributed by atoms with E-state index in [0.717, 1.165) is 42.5 Å². The topological polar surface area (TPSA) is 122 Å². The molecule has 1 aliphatic heterocycles. The van der Waals surface area contributed by atoms with Crippen LogP contribution in [0.2, 0.25) is 10.0 Å². The Morgan fingerprint density at radius 3 is 2.81 bits per heavy atom. The third-order valence-electron chi connectivity index (χ3n) is 7.13. The van der Waals surface area contributed by atoms with E-state index in [1.165, 1.54) is 0 Å². The molecule has 2 aliphatic rings. The molecule has 1 saturated heterocycles. The summed E-state index contributed by atoms with van der Waals surface area (Å²) in [6, 6.07) is 7.66. The maximum absolute atomic E-state index is 12.3. The van der Waals surface area contributed by atoms with E-state index in [9.17, 15) is 14.7 Å². The van der Waals surface area contributed by atoms with Gasteiger partial charge in [-0.2, -0.15) is 5.90 Å². The zero-order valence-corrected chi connectivity index (χ0v) is 21.8. The van der Waals surface area contributed by atoms with Gasteiger partial charge in [-0.15, -0.1) is 0 Å². The molecule has 1 aromatic heterocycles. The lowest BCUT2D eigenvalue weighted by molar-refractivity contribution is -0.0630. The third-order valence-corrected chi connectivity index (χ3v) is 7.97. The van der Waals surface area contributed by atoms with Crippen LogP contribution in [0.3, 0.4) is 0 Å². The Morgan fingerprint density at radius 1 is 1.33 bits per heavy atom. The fraction of sp³-hybridized carbons (Fsp3) is 0.520. The molecule has 1 saturated carbocycles. The molecule has 2 unspecified atom stereocenters. The molecule has 196 valence electrons. The minimum absolute atomic E-state index is 0.0502. The molecule has 0 spiro atoms. The standard InChI is InChI=1S/C25H33Cl2N5O4/c1-31-9-6-16(12-22(31)33)19-5-7-29-13-20(19)24(34)32(18-2-3-18)14-17-10-15(11-21(26)23(17)27)4-8-30-25(35)36-28/h6,9-12,18-20,24,29,34H,2-5,7-8,13-14,28H2,1H3,(H,30,35)/t19?,20-,24?/m0/s1. The van der Waals surface area contributed by atoms with E-state index in [1.807, 2.05) is 12.1 Å². The van der Waals surface area contributed by atoms with Gasteiger partial charge < -0.3 is 25.1 Å². The summed E-state index contributed by atoms with van der Waals surface area (Å²) in [6.07, 6.45) is 3.73. The lowest BCUT2D eigenvalue weighted by Crippen LogP contribution is -2.50. The molecule has 1 amide bonds. The Balaban J connectivity index is 1.54. The summed E-state index contributed by atoms with van der Waals surface area (Å²) in [4.78, 5) is 29.8. The Kier molecular flexibility index (Phi) is 8.92. The average molecular weight is 538 g/mol. The van der Waals surface area contributed by atoms with Gasteiger partial charge in [-0.1, -0.05) is 29.3 Å². The van der Waals surface area contributed by atoms with Gasteiger partial charge in [0.15, 0.2) is 0 Å². The number of carbonyl (C=O) groups is 1. The summed E-state index contributed by atoms with van der Waals surface area (Å²) in [5.74, 6) is 4.84. The van der Waals surface area contributed by atoms with Crippen LogP contribution in [-0.2, 0) is 24.9 Å². The number of amides is 1. The van der Waals surface area contributed by atoms with Gasteiger partial charge in [-0.25, -0.2) is 4.79 Å². The van der Waals surface area contributed by atoms with Crippen LogP contribution in [0.25, 0.3) is 0 Å². The van der Waals surface area contributed by atoms with Crippen molar-refractivity contribution in [1.29, 1.82) is 0 Å². The van der Waals surface area contributed by atoms with Crippen LogP contribution in [-0.4, -0.2) is 52.6 Å². The first kappa shape index (κ1) is 26.9. The second-order valence-electron chi connectivity index (χ2n) is 9.62. The minimum atomic E-state index is -0.723. The van der Waals surface area contributed by atoms with Gasteiger partial charge in [0.2, 0.25) is 0 Å². The predicted molar refractivity (Wildman–Crippen MR) is 139 cm³/mol. The predicted octanol–water partition coefficient (Wildman–Crippen LogP) is 2.51. The van der Waals surface area contributed by atoms with Gasteiger partial charge in [-0.3, -0.25) is 9.69 Å². The fourth-order valence-corrected chi connectivity index (χ4v) is 5.44. The lowest BCUT2D eigenvalue weighted by Gasteiger charge is -2.40. The Bertz CT molecular complexity index is 1140. The molecule has 9 nitrogen and oxygen atoms in total. The number of aromatic nitrogens is 1.